The zero-order valence-electron chi connectivity index (χ0n) is 22.0. The van der Waals surface area contributed by atoms with E-state index in [1.54, 1.807) is 43.5 Å². The van der Waals surface area contributed by atoms with Gasteiger partial charge in [0.25, 0.3) is 11.7 Å². The van der Waals surface area contributed by atoms with Crippen LogP contribution in [-0.4, -0.2) is 73.6 Å². The zero-order chi connectivity index (χ0) is 26.4. The van der Waals surface area contributed by atoms with E-state index in [0.717, 1.165) is 18.7 Å². The SMILES string of the molecule is CCOc1ccc(C(O)=C2C(=O)C(=O)N(CCN(CC)CC)[C@H]2c2ccc(OC)c(OC)c2)cc1C. The lowest BCUT2D eigenvalue weighted by Crippen LogP contribution is -2.38. The van der Waals surface area contributed by atoms with Crippen molar-refractivity contribution in [2.75, 3.05) is 47.0 Å². The van der Waals surface area contributed by atoms with Gasteiger partial charge in [-0.25, -0.2) is 0 Å². The van der Waals surface area contributed by atoms with Gasteiger partial charge in [0.15, 0.2) is 11.5 Å². The van der Waals surface area contributed by atoms with Crippen molar-refractivity contribution < 1.29 is 28.9 Å². The van der Waals surface area contributed by atoms with E-state index in [0.29, 0.717) is 48.1 Å². The number of ether oxygens (including phenoxy) is 3. The fraction of sp³-hybridized carbons (Fsp3) is 0.429. The summed E-state index contributed by atoms with van der Waals surface area (Å²) in [4.78, 5) is 30.3. The molecule has 36 heavy (non-hydrogen) atoms. The number of Topliss-reactive ketones (excluding diaryl/α,β-unsaturated/α-hetero) is 1. The normalized spacial score (nSPS) is 17.1. The van der Waals surface area contributed by atoms with Gasteiger partial charge in [0.1, 0.15) is 11.5 Å². The molecule has 0 radical (unpaired) electrons. The Kier molecular flexibility index (Phi) is 8.98. The summed E-state index contributed by atoms with van der Waals surface area (Å²) in [6, 6.07) is 9.72. The molecule has 194 valence electrons. The fourth-order valence-corrected chi connectivity index (χ4v) is 4.54. The number of aryl methyl sites for hydroxylation is 1. The number of nitrogens with zero attached hydrogens (tertiary/aromatic N) is 2. The Labute approximate surface area is 213 Å². The van der Waals surface area contributed by atoms with Gasteiger partial charge in [-0.2, -0.15) is 0 Å². The van der Waals surface area contributed by atoms with E-state index in [1.165, 1.54) is 12.0 Å². The van der Waals surface area contributed by atoms with Gasteiger partial charge in [-0.05, 0) is 68.4 Å². The molecular formula is C28H36N2O6. The number of rotatable bonds is 11. The number of benzene rings is 2. The molecule has 3 rings (SSSR count). The summed E-state index contributed by atoms with van der Waals surface area (Å²) in [6.07, 6.45) is 0. The number of likely N-dealkylation sites (tertiary alicyclic amines) is 1. The second-order valence-electron chi connectivity index (χ2n) is 8.55. The average molecular weight is 497 g/mol. The predicted octanol–water partition coefficient (Wildman–Crippen LogP) is 4.17. The second kappa shape index (κ2) is 11.9. The van der Waals surface area contributed by atoms with Crippen LogP contribution in [0.3, 0.4) is 0 Å². The van der Waals surface area contributed by atoms with E-state index >= 15 is 0 Å². The maximum atomic E-state index is 13.3. The molecule has 8 nitrogen and oxygen atoms in total. The zero-order valence-corrected chi connectivity index (χ0v) is 22.0. The van der Waals surface area contributed by atoms with Crippen LogP contribution >= 0.6 is 0 Å². The molecule has 0 unspecified atom stereocenters. The van der Waals surface area contributed by atoms with Crippen molar-refractivity contribution >= 4 is 17.4 Å². The molecule has 1 saturated heterocycles. The highest BCUT2D eigenvalue weighted by Crippen LogP contribution is 2.42. The largest absolute Gasteiger partial charge is 0.507 e. The first-order valence-electron chi connectivity index (χ1n) is 12.3. The van der Waals surface area contributed by atoms with Crippen molar-refractivity contribution in [1.29, 1.82) is 0 Å². The number of hydrogen-bond donors (Lipinski definition) is 1. The summed E-state index contributed by atoms with van der Waals surface area (Å²) >= 11 is 0. The quantitative estimate of drug-likeness (QED) is 0.284. The number of carbonyl (C=O) groups excluding carboxylic acids is 2. The Morgan fingerprint density at radius 1 is 0.972 bits per heavy atom. The molecule has 0 aromatic heterocycles. The predicted molar refractivity (Wildman–Crippen MR) is 139 cm³/mol. The van der Waals surface area contributed by atoms with Gasteiger partial charge in [0.2, 0.25) is 0 Å². The van der Waals surface area contributed by atoms with Crippen LogP contribution in [0.5, 0.6) is 17.2 Å². The van der Waals surface area contributed by atoms with Crippen LogP contribution in [-0.2, 0) is 9.59 Å². The van der Waals surface area contributed by atoms with Gasteiger partial charge >= 0.3 is 0 Å². The summed E-state index contributed by atoms with van der Waals surface area (Å²) in [7, 11) is 3.07. The van der Waals surface area contributed by atoms with Crippen molar-refractivity contribution in [3.05, 3.63) is 58.7 Å². The Balaban J connectivity index is 2.15. The third-order valence-electron chi connectivity index (χ3n) is 6.56. The minimum atomic E-state index is -0.771. The lowest BCUT2D eigenvalue weighted by atomic mass is 9.94. The van der Waals surface area contributed by atoms with Crippen molar-refractivity contribution in [2.45, 2.75) is 33.7 Å². The van der Waals surface area contributed by atoms with Gasteiger partial charge in [-0.3, -0.25) is 9.59 Å². The molecule has 1 aliphatic heterocycles. The second-order valence-corrected chi connectivity index (χ2v) is 8.55. The number of methoxy groups -OCH3 is 2. The molecule has 1 aliphatic rings. The molecule has 1 atom stereocenters. The van der Waals surface area contributed by atoms with Gasteiger partial charge < -0.3 is 29.1 Å². The van der Waals surface area contributed by atoms with E-state index in [9.17, 15) is 14.7 Å². The summed E-state index contributed by atoms with van der Waals surface area (Å²) in [5, 5.41) is 11.4. The topological polar surface area (TPSA) is 88.5 Å². The summed E-state index contributed by atoms with van der Waals surface area (Å²) in [5.74, 6) is 0.143. The van der Waals surface area contributed by atoms with E-state index in [-0.39, 0.29) is 11.3 Å². The van der Waals surface area contributed by atoms with Crippen molar-refractivity contribution in [2.24, 2.45) is 0 Å². The Hall–Kier alpha value is -3.52. The van der Waals surface area contributed by atoms with E-state index in [2.05, 4.69) is 18.7 Å². The Morgan fingerprint density at radius 2 is 1.64 bits per heavy atom. The van der Waals surface area contributed by atoms with Crippen LogP contribution in [0.4, 0.5) is 0 Å². The molecule has 1 fully saturated rings. The molecule has 8 heteroatoms. The lowest BCUT2D eigenvalue weighted by Gasteiger charge is -2.28. The molecule has 0 bridgehead atoms. The molecule has 0 spiro atoms. The number of hydrogen-bond acceptors (Lipinski definition) is 7. The van der Waals surface area contributed by atoms with Crippen molar-refractivity contribution in [3.63, 3.8) is 0 Å². The third-order valence-corrected chi connectivity index (χ3v) is 6.56. The van der Waals surface area contributed by atoms with E-state index in [1.807, 2.05) is 13.8 Å². The maximum Gasteiger partial charge on any atom is 0.295 e. The van der Waals surface area contributed by atoms with Crippen LogP contribution in [0.1, 0.15) is 43.5 Å². The van der Waals surface area contributed by atoms with Crippen molar-refractivity contribution in [1.82, 2.24) is 9.80 Å². The van der Waals surface area contributed by atoms with Gasteiger partial charge in [0, 0.05) is 18.7 Å². The Morgan fingerprint density at radius 3 is 2.22 bits per heavy atom. The van der Waals surface area contributed by atoms with Crippen LogP contribution in [0.25, 0.3) is 5.76 Å². The standard InChI is InChI=1S/C28H36N2O6/c1-7-29(8-2)14-15-30-25(19-10-13-22(34-5)23(17-19)35-6)24(27(32)28(30)33)26(31)20-11-12-21(36-9-3)18(4)16-20/h10-13,16-17,25,31H,7-9,14-15H2,1-6H3/t25-/m0/s1. The van der Waals surface area contributed by atoms with Gasteiger partial charge in [0.05, 0.1) is 32.4 Å². The summed E-state index contributed by atoms with van der Waals surface area (Å²) in [5.41, 5.74) is 1.97. The molecule has 0 saturated carbocycles. The number of ketones is 1. The van der Waals surface area contributed by atoms with E-state index in [4.69, 9.17) is 14.2 Å². The van der Waals surface area contributed by atoms with Crippen molar-refractivity contribution in [3.8, 4) is 17.2 Å². The molecule has 1 N–H and O–H groups in total. The van der Waals surface area contributed by atoms with Crippen LogP contribution < -0.4 is 14.2 Å². The highest BCUT2D eigenvalue weighted by molar-refractivity contribution is 6.46. The lowest BCUT2D eigenvalue weighted by molar-refractivity contribution is -0.140. The molecule has 1 amide bonds. The first-order valence-corrected chi connectivity index (χ1v) is 12.3. The first-order chi connectivity index (χ1) is 17.3. The molecule has 2 aromatic rings. The molecule has 0 aliphatic carbocycles. The first kappa shape index (κ1) is 27.1. The smallest absolute Gasteiger partial charge is 0.295 e. The molecule has 1 heterocycles. The number of carbonyl (C=O) groups is 2. The van der Waals surface area contributed by atoms with Gasteiger partial charge in [-0.15, -0.1) is 0 Å². The minimum absolute atomic E-state index is 0.0512. The summed E-state index contributed by atoms with van der Waals surface area (Å²) in [6.45, 7) is 11.0. The number of aliphatic hydroxyl groups is 1. The number of aliphatic hydroxyl groups excluding tert-OH is 1. The summed E-state index contributed by atoms with van der Waals surface area (Å²) < 4.78 is 16.5. The van der Waals surface area contributed by atoms with Gasteiger partial charge in [-0.1, -0.05) is 19.9 Å². The fourth-order valence-electron chi connectivity index (χ4n) is 4.54. The Bertz CT molecular complexity index is 1140. The number of amides is 1. The third kappa shape index (κ3) is 5.33. The van der Waals surface area contributed by atoms with E-state index < -0.39 is 17.7 Å². The van der Waals surface area contributed by atoms with Crippen LogP contribution in [0.2, 0.25) is 0 Å². The maximum absolute atomic E-state index is 13.3. The average Bonchev–Trinajstić information content (AvgIpc) is 3.14. The highest BCUT2D eigenvalue weighted by atomic mass is 16.5. The monoisotopic (exact) mass is 496 g/mol. The van der Waals surface area contributed by atoms with Crippen LogP contribution in [0.15, 0.2) is 42.0 Å². The minimum Gasteiger partial charge on any atom is -0.507 e. The molecular weight excluding hydrogens is 460 g/mol. The number of likely N-dealkylation sites (N-methyl/N-ethyl adjacent to an activating group) is 1. The van der Waals surface area contributed by atoms with Crippen LogP contribution in [0, 0.1) is 6.92 Å². The molecule has 2 aromatic carbocycles. The highest BCUT2D eigenvalue weighted by Gasteiger charge is 2.46.